The average Bonchev–Trinajstić information content (AvgIpc) is 2.31. The summed E-state index contributed by atoms with van der Waals surface area (Å²) in [6.07, 6.45) is 1.51. The molecule has 3 N–H and O–H groups in total. The molecule has 0 radical (unpaired) electrons. The summed E-state index contributed by atoms with van der Waals surface area (Å²) in [4.78, 5) is 21.8. The van der Waals surface area contributed by atoms with Crippen LogP contribution >= 0.6 is 11.6 Å². The molecule has 1 aromatic carbocycles. The van der Waals surface area contributed by atoms with Gasteiger partial charge in [-0.25, -0.2) is 0 Å². The number of nitrogens with two attached hydrogens (primary N) is 1. The van der Waals surface area contributed by atoms with Crippen molar-refractivity contribution >= 4 is 39.7 Å². The van der Waals surface area contributed by atoms with Gasteiger partial charge in [0.25, 0.3) is 11.6 Å². The maximum Gasteiger partial charge on any atom is 0.294 e. The lowest BCUT2D eigenvalue weighted by Crippen LogP contribution is -2.27. The van der Waals surface area contributed by atoms with E-state index in [1.807, 2.05) is 0 Å². The first kappa shape index (κ1) is 15.4. The number of amides is 1. The summed E-state index contributed by atoms with van der Waals surface area (Å²) in [7, 11) is -1.03. The van der Waals surface area contributed by atoms with Crippen LogP contribution in [0.2, 0.25) is 5.02 Å². The summed E-state index contributed by atoms with van der Waals surface area (Å²) < 4.78 is 10.8. The van der Waals surface area contributed by atoms with Crippen LogP contribution in [-0.4, -0.2) is 33.6 Å². The van der Waals surface area contributed by atoms with Gasteiger partial charge in [-0.15, -0.1) is 0 Å². The molecule has 0 spiro atoms. The molecular formula is C10H12ClN3O4S. The SMILES string of the molecule is CS(=O)CCNC(=O)c1cc(Cl)c(N)c([N+](=O)[O-])c1. The Morgan fingerprint density at radius 2 is 2.21 bits per heavy atom. The Kier molecular flexibility index (Phi) is 5.25. The molecule has 0 aromatic heterocycles. The van der Waals surface area contributed by atoms with Gasteiger partial charge < -0.3 is 11.1 Å². The lowest BCUT2D eigenvalue weighted by Gasteiger charge is -2.06. The highest BCUT2D eigenvalue weighted by atomic mass is 35.5. The van der Waals surface area contributed by atoms with E-state index in [1.165, 1.54) is 12.3 Å². The molecule has 1 rings (SSSR count). The fourth-order valence-electron chi connectivity index (χ4n) is 1.30. The predicted molar refractivity (Wildman–Crippen MR) is 73.8 cm³/mol. The van der Waals surface area contributed by atoms with Gasteiger partial charge in [-0.2, -0.15) is 0 Å². The summed E-state index contributed by atoms with van der Waals surface area (Å²) >= 11 is 5.73. The summed E-state index contributed by atoms with van der Waals surface area (Å²) in [6, 6.07) is 2.31. The van der Waals surface area contributed by atoms with Crippen LogP contribution in [0.5, 0.6) is 0 Å². The van der Waals surface area contributed by atoms with E-state index in [4.69, 9.17) is 17.3 Å². The number of benzene rings is 1. The zero-order chi connectivity index (χ0) is 14.6. The van der Waals surface area contributed by atoms with E-state index in [9.17, 15) is 19.1 Å². The molecule has 0 aliphatic rings. The molecule has 0 aliphatic carbocycles. The first-order valence-corrected chi connectivity index (χ1v) is 7.25. The molecule has 1 atom stereocenters. The highest BCUT2D eigenvalue weighted by Gasteiger charge is 2.19. The topological polar surface area (TPSA) is 115 Å². The lowest BCUT2D eigenvalue weighted by molar-refractivity contribution is -0.383. The van der Waals surface area contributed by atoms with Crippen LogP contribution < -0.4 is 11.1 Å². The van der Waals surface area contributed by atoms with Crippen molar-refractivity contribution in [2.24, 2.45) is 0 Å². The zero-order valence-electron chi connectivity index (χ0n) is 10.0. The van der Waals surface area contributed by atoms with Crippen LogP contribution in [0, 0.1) is 10.1 Å². The molecule has 0 bridgehead atoms. The zero-order valence-corrected chi connectivity index (χ0v) is 11.6. The van der Waals surface area contributed by atoms with Gasteiger partial charge in [-0.3, -0.25) is 19.1 Å². The third kappa shape index (κ3) is 4.18. The van der Waals surface area contributed by atoms with Crippen molar-refractivity contribution in [1.29, 1.82) is 0 Å². The lowest BCUT2D eigenvalue weighted by atomic mass is 10.1. The maximum atomic E-state index is 11.7. The molecule has 0 saturated heterocycles. The second kappa shape index (κ2) is 6.48. The number of hydrogen-bond donors (Lipinski definition) is 2. The van der Waals surface area contributed by atoms with Crippen molar-refractivity contribution in [2.75, 3.05) is 24.3 Å². The number of anilines is 1. The first-order valence-electron chi connectivity index (χ1n) is 5.14. The molecule has 0 aliphatic heterocycles. The van der Waals surface area contributed by atoms with E-state index in [1.54, 1.807) is 0 Å². The minimum atomic E-state index is -1.03. The Morgan fingerprint density at radius 1 is 1.58 bits per heavy atom. The van der Waals surface area contributed by atoms with Gasteiger partial charge in [0.2, 0.25) is 0 Å². The molecule has 1 amide bonds. The Balaban J connectivity index is 2.92. The Bertz CT molecular complexity index is 550. The molecular weight excluding hydrogens is 294 g/mol. The molecule has 7 nitrogen and oxygen atoms in total. The highest BCUT2D eigenvalue weighted by Crippen LogP contribution is 2.30. The van der Waals surface area contributed by atoms with Gasteiger partial charge in [0.05, 0.1) is 9.95 Å². The minimum absolute atomic E-state index is 0.0350. The molecule has 0 heterocycles. The van der Waals surface area contributed by atoms with Crippen molar-refractivity contribution in [1.82, 2.24) is 5.32 Å². The van der Waals surface area contributed by atoms with Crippen molar-refractivity contribution in [3.8, 4) is 0 Å². The van der Waals surface area contributed by atoms with Gasteiger partial charge in [-0.1, -0.05) is 11.6 Å². The summed E-state index contributed by atoms with van der Waals surface area (Å²) in [6.45, 7) is 0.206. The average molecular weight is 306 g/mol. The predicted octanol–water partition coefficient (Wildman–Crippen LogP) is 0.939. The number of carbonyl (C=O) groups is 1. The fourth-order valence-corrected chi connectivity index (χ4v) is 1.90. The first-order chi connectivity index (χ1) is 8.82. The summed E-state index contributed by atoms with van der Waals surface area (Å²) in [5, 5.41) is 13.2. The van der Waals surface area contributed by atoms with Crippen molar-refractivity contribution < 1.29 is 13.9 Å². The quantitative estimate of drug-likeness (QED) is 0.477. The smallest absolute Gasteiger partial charge is 0.294 e. The largest absolute Gasteiger partial charge is 0.392 e. The molecule has 1 aromatic rings. The van der Waals surface area contributed by atoms with Crippen LogP contribution in [0.1, 0.15) is 10.4 Å². The van der Waals surface area contributed by atoms with Crippen molar-refractivity contribution in [3.63, 3.8) is 0 Å². The fraction of sp³-hybridized carbons (Fsp3) is 0.300. The number of nitro groups is 1. The van der Waals surface area contributed by atoms with Gasteiger partial charge >= 0.3 is 0 Å². The molecule has 104 valence electrons. The van der Waals surface area contributed by atoms with Gasteiger partial charge in [0.15, 0.2) is 0 Å². The van der Waals surface area contributed by atoms with E-state index in [2.05, 4.69) is 5.32 Å². The highest BCUT2D eigenvalue weighted by molar-refractivity contribution is 7.84. The molecule has 0 fully saturated rings. The molecule has 19 heavy (non-hydrogen) atoms. The van der Waals surface area contributed by atoms with Gasteiger partial charge in [-0.05, 0) is 6.07 Å². The van der Waals surface area contributed by atoms with Crippen molar-refractivity contribution in [2.45, 2.75) is 0 Å². The van der Waals surface area contributed by atoms with Crippen molar-refractivity contribution in [3.05, 3.63) is 32.8 Å². The Morgan fingerprint density at radius 3 is 2.74 bits per heavy atom. The molecule has 0 saturated carbocycles. The second-order valence-corrected chi connectivity index (χ2v) is 5.64. The number of nitrogens with one attached hydrogen (secondary N) is 1. The maximum absolute atomic E-state index is 11.7. The Labute approximate surface area is 116 Å². The van der Waals surface area contributed by atoms with Crippen LogP contribution in [-0.2, 0) is 10.8 Å². The van der Waals surface area contributed by atoms with E-state index >= 15 is 0 Å². The van der Waals surface area contributed by atoms with E-state index < -0.39 is 27.3 Å². The van der Waals surface area contributed by atoms with Crippen LogP contribution in [0.3, 0.4) is 0 Å². The second-order valence-electron chi connectivity index (χ2n) is 3.68. The van der Waals surface area contributed by atoms with Crippen LogP contribution in [0.25, 0.3) is 0 Å². The number of carbonyl (C=O) groups excluding carboxylic acids is 1. The van der Waals surface area contributed by atoms with Gasteiger partial charge in [0.1, 0.15) is 5.69 Å². The number of nitrogens with zero attached hydrogens (tertiary/aromatic N) is 1. The number of halogens is 1. The monoisotopic (exact) mass is 305 g/mol. The number of nitro benzene ring substituents is 1. The molecule has 1 unspecified atom stereocenters. The molecule has 9 heteroatoms. The number of hydrogen-bond acceptors (Lipinski definition) is 5. The minimum Gasteiger partial charge on any atom is -0.392 e. The Hall–Kier alpha value is -1.67. The van der Waals surface area contributed by atoms with E-state index in [-0.39, 0.29) is 22.8 Å². The van der Waals surface area contributed by atoms with Gasteiger partial charge in [0, 0.05) is 41.0 Å². The standard InChI is InChI=1S/C10H12ClN3O4S/c1-19(18)3-2-13-10(15)6-4-7(11)9(12)8(5-6)14(16)17/h4-5H,2-3,12H2,1H3,(H,13,15). The number of rotatable bonds is 5. The van der Waals surface area contributed by atoms with E-state index in [0.29, 0.717) is 5.75 Å². The third-order valence-corrected chi connectivity index (χ3v) is 3.33. The van der Waals surface area contributed by atoms with Crippen LogP contribution in [0.15, 0.2) is 12.1 Å². The van der Waals surface area contributed by atoms with Crippen LogP contribution in [0.4, 0.5) is 11.4 Å². The van der Waals surface area contributed by atoms with E-state index in [0.717, 1.165) is 6.07 Å². The third-order valence-electron chi connectivity index (χ3n) is 2.24. The summed E-state index contributed by atoms with van der Waals surface area (Å²) in [5.74, 6) is -0.230. The summed E-state index contributed by atoms with van der Waals surface area (Å²) in [5.41, 5.74) is 4.88. The number of nitrogen functional groups attached to an aromatic ring is 1. The normalized spacial score (nSPS) is 11.9.